The minimum Gasteiger partial charge on any atom is -0.484 e. The molecule has 10 nitrogen and oxygen atoms in total. The molecule has 3 aromatic carbocycles. The van der Waals surface area contributed by atoms with Crippen LogP contribution in [0, 0.1) is 6.92 Å². The number of unbranched alkanes of at least 4 members (excludes halogenated alkanes) is 2. The predicted molar refractivity (Wildman–Crippen MR) is 192 cm³/mol. The number of nitrogens with zero attached hydrogens (tertiary/aromatic N) is 4. The molecule has 0 radical (unpaired) electrons. The van der Waals surface area contributed by atoms with Crippen LogP contribution in [0.4, 0.5) is 5.69 Å². The third-order valence-corrected chi connectivity index (χ3v) is 9.29. The number of fused-ring (bicyclic) bond motifs is 1. The van der Waals surface area contributed by atoms with Crippen molar-refractivity contribution in [1.29, 1.82) is 0 Å². The number of hydrogen-bond acceptors (Lipinski definition) is 6. The molecular weight excluding hydrogens is 640 g/mol. The van der Waals surface area contributed by atoms with Crippen LogP contribution < -0.4 is 15.8 Å². The number of nitrogens with two attached hydrogens (primary N) is 1. The number of amides is 3. The van der Waals surface area contributed by atoms with Crippen LogP contribution in [0.25, 0.3) is 5.69 Å². The van der Waals surface area contributed by atoms with Gasteiger partial charge in [0.15, 0.2) is 12.3 Å². The van der Waals surface area contributed by atoms with Gasteiger partial charge in [0, 0.05) is 37.9 Å². The molecule has 1 aliphatic rings. The summed E-state index contributed by atoms with van der Waals surface area (Å²) in [6, 6.07) is 21.9. The Morgan fingerprint density at radius 1 is 0.980 bits per heavy atom. The normalized spacial score (nSPS) is 13.9. The Balaban J connectivity index is 1.51. The molecule has 1 aliphatic heterocycles. The summed E-state index contributed by atoms with van der Waals surface area (Å²) in [5.74, 6) is -0.323. The topological polar surface area (TPSA) is 123 Å². The third-order valence-electron chi connectivity index (χ3n) is 8.84. The molecule has 1 aromatic heterocycles. The van der Waals surface area contributed by atoms with Crippen LogP contribution in [0.3, 0.4) is 0 Å². The van der Waals surface area contributed by atoms with Crippen molar-refractivity contribution in [2.75, 3.05) is 31.6 Å². The number of halogens is 1. The van der Waals surface area contributed by atoms with Crippen molar-refractivity contribution in [2.24, 2.45) is 5.73 Å². The van der Waals surface area contributed by atoms with Crippen molar-refractivity contribution in [3.63, 3.8) is 0 Å². The van der Waals surface area contributed by atoms with E-state index >= 15 is 0 Å². The highest BCUT2D eigenvalue weighted by molar-refractivity contribution is 6.34. The summed E-state index contributed by atoms with van der Waals surface area (Å²) in [6.45, 7) is 7.62. The molecule has 0 aliphatic carbocycles. The SMILES string of the molecule is CCCCN(CCCC)C(=O)c1nn(-c2ccc(NC(=O)COc3ccccc3)cc2C(=O)N2Cc3ccccc3C[C@H]2CN)c(C)c1Cl. The molecule has 3 N–H and O–H groups in total. The van der Waals surface area contributed by atoms with Gasteiger partial charge in [-0.15, -0.1) is 0 Å². The Morgan fingerprint density at radius 2 is 1.65 bits per heavy atom. The Morgan fingerprint density at radius 3 is 2.33 bits per heavy atom. The van der Waals surface area contributed by atoms with Crippen LogP contribution in [0.1, 0.15) is 77.2 Å². The maximum Gasteiger partial charge on any atom is 0.275 e. The number of aromatic nitrogens is 2. The average molecular weight is 685 g/mol. The first-order chi connectivity index (χ1) is 23.7. The Hall–Kier alpha value is -4.67. The second kappa shape index (κ2) is 16.6. The van der Waals surface area contributed by atoms with Crippen molar-refractivity contribution in [3.8, 4) is 11.4 Å². The van der Waals surface area contributed by atoms with Gasteiger partial charge < -0.3 is 25.6 Å². The lowest BCUT2D eigenvalue weighted by molar-refractivity contribution is -0.118. The fourth-order valence-corrected chi connectivity index (χ4v) is 6.24. The predicted octanol–water partition coefficient (Wildman–Crippen LogP) is 6.42. The summed E-state index contributed by atoms with van der Waals surface area (Å²) in [5.41, 5.74) is 10.2. The number of hydrogen-bond donors (Lipinski definition) is 2. The van der Waals surface area contributed by atoms with Crippen molar-refractivity contribution in [2.45, 2.75) is 65.5 Å². The smallest absolute Gasteiger partial charge is 0.275 e. The second-order valence-corrected chi connectivity index (χ2v) is 12.7. The van der Waals surface area contributed by atoms with E-state index in [-0.39, 0.29) is 53.2 Å². The van der Waals surface area contributed by atoms with E-state index in [1.165, 1.54) is 0 Å². The van der Waals surface area contributed by atoms with Crippen LogP contribution in [-0.2, 0) is 17.8 Å². The number of carbonyl (C=O) groups excluding carboxylic acids is 3. The molecule has 258 valence electrons. The first kappa shape index (κ1) is 35.6. The zero-order valence-electron chi connectivity index (χ0n) is 28.5. The minimum absolute atomic E-state index is 0.145. The summed E-state index contributed by atoms with van der Waals surface area (Å²) in [4.78, 5) is 44.9. The Bertz CT molecular complexity index is 1770. The van der Waals surface area contributed by atoms with Gasteiger partial charge in [0.25, 0.3) is 17.7 Å². The van der Waals surface area contributed by atoms with Crippen LogP contribution >= 0.6 is 11.6 Å². The first-order valence-electron chi connectivity index (χ1n) is 17.0. The highest BCUT2D eigenvalue weighted by atomic mass is 35.5. The molecule has 1 atom stereocenters. The Labute approximate surface area is 293 Å². The molecular formula is C38H45ClN6O4. The molecule has 0 saturated heterocycles. The van der Waals surface area contributed by atoms with E-state index in [4.69, 9.17) is 27.2 Å². The van der Waals surface area contributed by atoms with E-state index < -0.39 is 0 Å². The lowest BCUT2D eigenvalue weighted by atomic mass is 9.93. The average Bonchev–Trinajstić information content (AvgIpc) is 3.42. The quantitative estimate of drug-likeness (QED) is 0.158. The number of nitrogens with one attached hydrogen (secondary N) is 1. The van der Waals surface area contributed by atoms with Crippen molar-refractivity contribution in [3.05, 3.63) is 106 Å². The maximum atomic E-state index is 14.6. The molecule has 5 rings (SSSR count). The van der Waals surface area contributed by atoms with E-state index in [1.807, 2.05) is 41.3 Å². The highest BCUT2D eigenvalue weighted by Crippen LogP contribution is 2.31. The van der Waals surface area contributed by atoms with E-state index in [0.29, 0.717) is 48.9 Å². The molecule has 11 heteroatoms. The fraction of sp³-hybridized carbons (Fsp3) is 0.368. The molecule has 3 amide bonds. The number of rotatable bonds is 14. The highest BCUT2D eigenvalue weighted by Gasteiger charge is 2.32. The van der Waals surface area contributed by atoms with Crippen molar-refractivity contribution >= 4 is 35.0 Å². The van der Waals surface area contributed by atoms with Crippen molar-refractivity contribution < 1.29 is 19.1 Å². The van der Waals surface area contributed by atoms with Crippen LogP contribution in [0.5, 0.6) is 5.75 Å². The molecule has 0 unspecified atom stereocenters. The van der Waals surface area contributed by atoms with Gasteiger partial charge in [-0.2, -0.15) is 5.10 Å². The van der Waals surface area contributed by atoms with E-state index in [0.717, 1.165) is 36.8 Å². The summed E-state index contributed by atoms with van der Waals surface area (Å²) < 4.78 is 7.18. The number of benzene rings is 3. The Kier molecular flexibility index (Phi) is 12.1. The van der Waals surface area contributed by atoms with Gasteiger partial charge in [-0.3, -0.25) is 14.4 Å². The van der Waals surface area contributed by atoms with Gasteiger partial charge in [0.2, 0.25) is 0 Å². The van der Waals surface area contributed by atoms with Gasteiger partial charge in [-0.1, -0.05) is 80.8 Å². The molecule has 0 spiro atoms. The van der Waals surface area contributed by atoms with Crippen LogP contribution in [-0.4, -0.2) is 69.6 Å². The third kappa shape index (κ3) is 8.32. The van der Waals surface area contributed by atoms with E-state index in [9.17, 15) is 14.4 Å². The number of carbonyl (C=O) groups is 3. The summed E-state index contributed by atoms with van der Waals surface area (Å²) in [5, 5.41) is 7.82. The first-order valence-corrected chi connectivity index (χ1v) is 17.4. The largest absolute Gasteiger partial charge is 0.484 e. The molecule has 0 saturated carbocycles. The molecule has 49 heavy (non-hydrogen) atoms. The summed E-state index contributed by atoms with van der Waals surface area (Å²) >= 11 is 6.83. The van der Waals surface area contributed by atoms with Crippen LogP contribution in [0.15, 0.2) is 72.8 Å². The van der Waals surface area contributed by atoms with Gasteiger partial charge >= 0.3 is 0 Å². The standard InChI is InChI=1S/C38H45ClN6O4/c1-4-6-19-43(20-7-5-2)38(48)36-35(39)26(3)45(42-36)33-18-17-29(41-34(46)25-49-31-15-9-8-10-16-31)22-32(33)37(47)44-24-28-14-12-11-13-27(28)21-30(44)23-40/h8-18,22,30H,4-7,19-21,23-25,40H2,1-3H3,(H,41,46)/t30-/m0/s1. The van der Waals surface area contributed by atoms with Gasteiger partial charge in [0.1, 0.15) is 5.75 Å². The number of ether oxygens (including phenoxy) is 1. The van der Waals surface area contributed by atoms with Crippen molar-refractivity contribution in [1.82, 2.24) is 19.6 Å². The fourth-order valence-electron chi connectivity index (χ4n) is 6.04. The zero-order chi connectivity index (χ0) is 34.9. The van der Waals surface area contributed by atoms with E-state index in [1.54, 1.807) is 46.8 Å². The lowest BCUT2D eigenvalue weighted by Gasteiger charge is -2.37. The van der Waals surface area contributed by atoms with Gasteiger partial charge in [-0.25, -0.2) is 4.68 Å². The number of para-hydroxylation sites is 1. The molecule has 2 heterocycles. The monoisotopic (exact) mass is 684 g/mol. The summed E-state index contributed by atoms with van der Waals surface area (Å²) in [6.07, 6.45) is 4.27. The van der Waals surface area contributed by atoms with Gasteiger partial charge in [-0.05, 0) is 67.6 Å². The van der Waals surface area contributed by atoms with E-state index in [2.05, 4.69) is 25.2 Å². The second-order valence-electron chi connectivity index (χ2n) is 12.3. The molecule has 4 aromatic rings. The maximum absolute atomic E-state index is 14.6. The molecule has 0 fully saturated rings. The summed E-state index contributed by atoms with van der Waals surface area (Å²) in [7, 11) is 0. The number of anilines is 1. The lowest BCUT2D eigenvalue weighted by Crippen LogP contribution is -2.48. The van der Waals surface area contributed by atoms with Crippen LogP contribution in [0.2, 0.25) is 5.02 Å². The minimum atomic E-state index is -0.382. The van der Waals surface area contributed by atoms with Gasteiger partial charge in [0.05, 0.1) is 22.0 Å². The zero-order valence-corrected chi connectivity index (χ0v) is 29.2. The molecule has 0 bridgehead atoms.